The van der Waals surface area contributed by atoms with Crippen molar-refractivity contribution >= 4 is 22.6 Å². The molecular formula is C20H20N4O2. The first-order valence-electron chi connectivity index (χ1n) is 9.04. The third-order valence-corrected chi connectivity index (χ3v) is 5.49. The molecule has 1 aliphatic heterocycles. The van der Waals surface area contributed by atoms with Crippen molar-refractivity contribution in [1.29, 1.82) is 0 Å². The van der Waals surface area contributed by atoms with Gasteiger partial charge in [-0.25, -0.2) is 9.97 Å². The number of nitrogens with one attached hydrogen (secondary N) is 1. The molecule has 0 aromatic carbocycles. The van der Waals surface area contributed by atoms with Crippen LogP contribution < -0.4 is 9.64 Å². The topological polar surface area (TPSA) is 71.1 Å². The Hall–Kier alpha value is -2.89. The van der Waals surface area contributed by atoms with Gasteiger partial charge in [0.2, 0.25) is 11.8 Å². The van der Waals surface area contributed by atoms with Crippen LogP contribution in [0.2, 0.25) is 0 Å². The first-order valence-corrected chi connectivity index (χ1v) is 9.04. The van der Waals surface area contributed by atoms with Gasteiger partial charge in [0.05, 0.1) is 12.8 Å². The molecule has 0 spiro atoms. The van der Waals surface area contributed by atoms with Crippen LogP contribution in [0.1, 0.15) is 19.3 Å². The van der Waals surface area contributed by atoms with Gasteiger partial charge >= 0.3 is 0 Å². The number of nitrogens with zero attached hydrogens (tertiary/aromatic N) is 3. The van der Waals surface area contributed by atoms with Crippen LogP contribution in [0.25, 0.3) is 22.3 Å². The van der Waals surface area contributed by atoms with Crippen molar-refractivity contribution in [3.8, 4) is 17.1 Å². The van der Waals surface area contributed by atoms with E-state index >= 15 is 0 Å². The first kappa shape index (κ1) is 15.4. The van der Waals surface area contributed by atoms with Crippen molar-refractivity contribution in [3.05, 3.63) is 36.7 Å². The van der Waals surface area contributed by atoms with Crippen LogP contribution >= 0.6 is 0 Å². The average molecular weight is 348 g/mol. The number of aromatic nitrogens is 3. The minimum Gasteiger partial charge on any atom is -0.481 e. The van der Waals surface area contributed by atoms with Crippen molar-refractivity contribution in [2.24, 2.45) is 11.8 Å². The molecule has 1 atom stereocenters. The number of methoxy groups -OCH3 is 1. The summed E-state index contributed by atoms with van der Waals surface area (Å²) in [6.45, 7) is 0.794. The van der Waals surface area contributed by atoms with Crippen molar-refractivity contribution in [2.45, 2.75) is 19.3 Å². The largest absolute Gasteiger partial charge is 0.481 e. The minimum atomic E-state index is 0.209. The third kappa shape index (κ3) is 2.44. The van der Waals surface area contributed by atoms with Gasteiger partial charge in [0.15, 0.2) is 0 Å². The molecule has 1 saturated carbocycles. The Morgan fingerprint density at radius 3 is 2.81 bits per heavy atom. The summed E-state index contributed by atoms with van der Waals surface area (Å²) in [6.07, 6.45) is 6.86. The van der Waals surface area contributed by atoms with Gasteiger partial charge in [-0.1, -0.05) is 0 Å². The maximum Gasteiger partial charge on any atom is 0.230 e. The smallest absolute Gasteiger partial charge is 0.230 e. The molecule has 1 unspecified atom stereocenters. The summed E-state index contributed by atoms with van der Waals surface area (Å²) in [5.74, 6) is 1.65. The summed E-state index contributed by atoms with van der Waals surface area (Å²) in [7, 11) is 1.60. The molecule has 0 radical (unpaired) electrons. The molecule has 1 aliphatic carbocycles. The average Bonchev–Trinajstić information content (AvgIpc) is 3.30. The lowest BCUT2D eigenvalue weighted by Crippen LogP contribution is -2.27. The maximum atomic E-state index is 12.9. The van der Waals surface area contributed by atoms with E-state index in [1.807, 2.05) is 23.1 Å². The molecule has 0 bridgehead atoms. The van der Waals surface area contributed by atoms with E-state index in [2.05, 4.69) is 21.0 Å². The van der Waals surface area contributed by atoms with Crippen LogP contribution in [0.15, 0.2) is 36.7 Å². The predicted molar refractivity (Wildman–Crippen MR) is 99.1 cm³/mol. The molecule has 5 rings (SSSR count). The van der Waals surface area contributed by atoms with E-state index in [1.54, 1.807) is 19.5 Å². The van der Waals surface area contributed by atoms with Crippen molar-refractivity contribution < 1.29 is 9.53 Å². The van der Waals surface area contributed by atoms with E-state index in [4.69, 9.17) is 4.74 Å². The second-order valence-electron chi connectivity index (χ2n) is 7.08. The van der Waals surface area contributed by atoms with Gasteiger partial charge in [-0.05, 0) is 43.4 Å². The Balaban J connectivity index is 1.55. The van der Waals surface area contributed by atoms with Gasteiger partial charge in [-0.3, -0.25) is 4.79 Å². The molecule has 2 aliphatic rings. The van der Waals surface area contributed by atoms with Gasteiger partial charge < -0.3 is 14.6 Å². The Kier molecular flexibility index (Phi) is 3.45. The first-order chi connectivity index (χ1) is 12.7. The SMILES string of the molecule is COc1cc(-c2cc3c(N4CCC(C5CC5)C4=O)ccnc3[nH]2)ccn1. The summed E-state index contributed by atoms with van der Waals surface area (Å²) in [5.41, 5.74) is 3.65. The summed E-state index contributed by atoms with van der Waals surface area (Å²) in [4.78, 5) is 26.8. The number of fused-ring (bicyclic) bond motifs is 1. The summed E-state index contributed by atoms with van der Waals surface area (Å²) in [6, 6.07) is 7.82. The van der Waals surface area contributed by atoms with E-state index in [-0.39, 0.29) is 11.8 Å². The number of carbonyl (C=O) groups excluding carboxylic acids is 1. The van der Waals surface area contributed by atoms with Gasteiger partial charge in [0.25, 0.3) is 0 Å². The highest BCUT2D eigenvalue weighted by Crippen LogP contribution is 2.44. The zero-order chi connectivity index (χ0) is 17.7. The number of ether oxygens (including phenoxy) is 1. The molecule has 1 saturated heterocycles. The van der Waals surface area contributed by atoms with Crippen molar-refractivity contribution in [2.75, 3.05) is 18.6 Å². The minimum absolute atomic E-state index is 0.209. The molecule has 3 aromatic rings. The van der Waals surface area contributed by atoms with E-state index in [0.29, 0.717) is 11.8 Å². The fraction of sp³-hybridized carbons (Fsp3) is 0.350. The lowest BCUT2D eigenvalue weighted by molar-refractivity contribution is -0.120. The maximum absolute atomic E-state index is 12.9. The molecule has 132 valence electrons. The van der Waals surface area contributed by atoms with Crippen LogP contribution in [0.3, 0.4) is 0 Å². The molecule has 4 heterocycles. The molecule has 1 amide bonds. The lowest BCUT2D eigenvalue weighted by Gasteiger charge is -2.17. The Morgan fingerprint density at radius 2 is 2.00 bits per heavy atom. The predicted octanol–water partition coefficient (Wildman–Crippen LogP) is 3.40. The number of aromatic amines is 1. The number of hydrogen-bond donors (Lipinski definition) is 1. The van der Waals surface area contributed by atoms with Gasteiger partial charge in [-0.15, -0.1) is 0 Å². The molecule has 2 fully saturated rings. The standard InChI is InChI=1S/C20H20N4O2/c1-26-18-10-13(4-7-21-18)16-11-15-17(5-8-22-19(15)23-16)24-9-6-14(20(24)25)12-2-3-12/h4-5,7-8,10-12,14H,2-3,6,9H2,1H3,(H,22,23). The molecule has 1 N–H and O–H groups in total. The summed E-state index contributed by atoms with van der Waals surface area (Å²) >= 11 is 0. The van der Waals surface area contributed by atoms with Gasteiger partial charge in [0.1, 0.15) is 5.65 Å². The molecule has 3 aromatic heterocycles. The zero-order valence-corrected chi connectivity index (χ0v) is 14.6. The van der Waals surface area contributed by atoms with Gasteiger partial charge in [-0.2, -0.15) is 0 Å². The van der Waals surface area contributed by atoms with Crippen LogP contribution in [0.5, 0.6) is 5.88 Å². The fourth-order valence-corrected chi connectivity index (χ4v) is 3.97. The normalized spacial score (nSPS) is 20.1. The van der Waals surface area contributed by atoms with Crippen LogP contribution in [-0.2, 0) is 4.79 Å². The number of anilines is 1. The van der Waals surface area contributed by atoms with Crippen LogP contribution in [0.4, 0.5) is 5.69 Å². The zero-order valence-electron chi connectivity index (χ0n) is 14.6. The summed E-state index contributed by atoms with van der Waals surface area (Å²) < 4.78 is 5.22. The number of H-pyrrole nitrogens is 1. The second-order valence-corrected chi connectivity index (χ2v) is 7.08. The van der Waals surface area contributed by atoms with Crippen molar-refractivity contribution in [1.82, 2.24) is 15.0 Å². The second kappa shape index (κ2) is 5.83. The van der Waals surface area contributed by atoms with E-state index in [1.165, 1.54) is 12.8 Å². The number of amides is 1. The van der Waals surface area contributed by atoms with E-state index in [9.17, 15) is 4.79 Å². The van der Waals surface area contributed by atoms with Crippen LogP contribution in [-0.4, -0.2) is 34.5 Å². The van der Waals surface area contributed by atoms with E-state index in [0.717, 1.165) is 40.9 Å². The van der Waals surface area contributed by atoms with Crippen LogP contribution in [0, 0.1) is 11.8 Å². The quantitative estimate of drug-likeness (QED) is 0.784. The molecular weight excluding hydrogens is 328 g/mol. The highest BCUT2D eigenvalue weighted by molar-refractivity contribution is 6.05. The van der Waals surface area contributed by atoms with Crippen molar-refractivity contribution in [3.63, 3.8) is 0 Å². The monoisotopic (exact) mass is 348 g/mol. The highest BCUT2D eigenvalue weighted by Gasteiger charge is 2.42. The molecule has 6 heteroatoms. The molecule has 26 heavy (non-hydrogen) atoms. The molecule has 6 nitrogen and oxygen atoms in total. The van der Waals surface area contributed by atoms with E-state index < -0.39 is 0 Å². The Morgan fingerprint density at radius 1 is 1.15 bits per heavy atom. The Bertz CT molecular complexity index is 992. The highest BCUT2D eigenvalue weighted by atomic mass is 16.5. The van der Waals surface area contributed by atoms with Gasteiger partial charge in [0, 0.05) is 47.6 Å². The number of pyridine rings is 2. The fourth-order valence-electron chi connectivity index (χ4n) is 3.97. The number of rotatable bonds is 4. The lowest BCUT2D eigenvalue weighted by atomic mass is 10.0. The number of carbonyl (C=O) groups is 1. The number of hydrogen-bond acceptors (Lipinski definition) is 4. The Labute approximate surface area is 151 Å². The third-order valence-electron chi connectivity index (χ3n) is 5.49. The summed E-state index contributed by atoms with van der Waals surface area (Å²) in [5, 5.41) is 0.975.